The Balaban J connectivity index is 0.976. The first-order valence-corrected chi connectivity index (χ1v) is 23.6. The van der Waals surface area contributed by atoms with E-state index < -0.39 is 5.41 Å². The zero-order valence-corrected chi connectivity index (χ0v) is 36.3. The number of benzene rings is 10. The molecule has 2 heterocycles. The maximum atomic E-state index is 2.50. The molecule has 0 unspecified atom stereocenters. The van der Waals surface area contributed by atoms with Crippen LogP contribution in [0.2, 0.25) is 0 Å². The summed E-state index contributed by atoms with van der Waals surface area (Å²) in [5.74, 6) is 0. The topological polar surface area (TPSA) is 3.24 Å². The summed E-state index contributed by atoms with van der Waals surface area (Å²) in [5.41, 5.74) is 18.5. The number of anilines is 3. The molecular weight excluding hydrogens is 811 g/mol. The van der Waals surface area contributed by atoms with Crippen LogP contribution in [0.25, 0.3) is 84.9 Å². The van der Waals surface area contributed by atoms with Gasteiger partial charge in [-0.3, -0.25) is 0 Å². The molecule has 0 aliphatic heterocycles. The van der Waals surface area contributed by atoms with Crippen molar-refractivity contribution in [2.75, 3.05) is 4.90 Å². The molecule has 0 saturated carbocycles. The Bertz CT molecular complexity index is 3650. The third kappa shape index (κ3) is 4.94. The van der Waals surface area contributed by atoms with E-state index >= 15 is 0 Å². The van der Waals surface area contributed by atoms with Crippen LogP contribution in [0.15, 0.2) is 224 Å². The predicted octanol–water partition coefficient (Wildman–Crippen LogP) is 17.6. The summed E-state index contributed by atoms with van der Waals surface area (Å²) >= 11 is 3.77. The Kier molecular flexibility index (Phi) is 7.71. The summed E-state index contributed by atoms with van der Waals surface area (Å²) < 4.78 is 5.31. The molecule has 14 rings (SSSR count). The molecule has 10 aromatic carbocycles. The van der Waals surface area contributed by atoms with Crippen LogP contribution in [0, 0.1) is 0 Å². The van der Waals surface area contributed by atoms with Crippen molar-refractivity contribution in [3.8, 4) is 44.5 Å². The molecule has 298 valence electrons. The van der Waals surface area contributed by atoms with E-state index in [9.17, 15) is 0 Å². The lowest BCUT2D eigenvalue weighted by atomic mass is 9.70. The molecule has 1 spiro atoms. The van der Waals surface area contributed by atoms with Crippen molar-refractivity contribution >= 4 is 80.1 Å². The van der Waals surface area contributed by atoms with Crippen LogP contribution >= 0.6 is 22.7 Å². The number of thiophene rings is 2. The molecule has 2 aliphatic carbocycles. The van der Waals surface area contributed by atoms with Crippen LogP contribution in [0.3, 0.4) is 0 Å². The highest BCUT2D eigenvalue weighted by molar-refractivity contribution is 7.26. The lowest BCUT2D eigenvalue weighted by Crippen LogP contribution is -2.26. The summed E-state index contributed by atoms with van der Waals surface area (Å²) in [4.78, 5) is 2.50. The highest BCUT2D eigenvalue weighted by Crippen LogP contribution is 2.64. The average Bonchev–Trinajstić information content (AvgIpc) is 4.10. The highest BCUT2D eigenvalue weighted by atomic mass is 32.1. The minimum Gasteiger partial charge on any atom is -0.310 e. The summed E-state index contributed by atoms with van der Waals surface area (Å²) in [7, 11) is 0. The number of fused-ring (bicyclic) bond motifs is 16. The van der Waals surface area contributed by atoms with E-state index in [2.05, 4.69) is 229 Å². The van der Waals surface area contributed by atoms with Gasteiger partial charge in [-0.05, 0) is 104 Å². The van der Waals surface area contributed by atoms with Gasteiger partial charge in [-0.2, -0.15) is 0 Å². The Morgan fingerprint density at radius 2 is 0.688 bits per heavy atom. The van der Waals surface area contributed by atoms with Gasteiger partial charge >= 0.3 is 0 Å². The fourth-order valence-corrected chi connectivity index (χ4v) is 13.7. The fourth-order valence-electron chi connectivity index (χ4n) is 11.3. The van der Waals surface area contributed by atoms with Gasteiger partial charge in [-0.1, -0.05) is 182 Å². The van der Waals surface area contributed by atoms with E-state index in [1.54, 1.807) is 0 Å². The number of hydrogen-bond acceptors (Lipinski definition) is 3. The molecule has 3 heteroatoms. The fraction of sp³-hybridized carbons (Fsp3) is 0.0164. The van der Waals surface area contributed by atoms with E-state index in [0.29, 0.717) is 0 Å². The van der Waals surface area contributed by atoms with Crippen molar-refractivity contribution < 1.29 is 0 Å². The first kappa shape index (κ1) is 36.0. The Morgan fingerprint density at radius 3 is 1.22 bits per heavy atom. The molecule has 12 aromatic rings. The lowest BCUT2D eigenvalue weighted by Gasteiger charge is -2.32. The van der Waals surface area contributed by atoms with Gasteiger partial charge in [0.2, 0.25) is 0 Å². The summed E-state index contributed by atoms with van der Waals surface area (Å²) in [6.07, 6.45) is 0. The van der Waals surface area contributed by atoms with Crippen LogP contribution in [0.5, 0.6) is 0 Å². The monoisotopic (exact) mass is 847 g/mol. The smallest absolute Gasteiger partial charge is 0.0726 e. The van der Waals surface area contributed by atoms with E-state index in [-0.39, 0.29) is 0 Å². The minimum absolute atomic E-state index is 0.430. The third-order valence-electron chi connectivity index (χ3n) is 13.9. The second-order valence-corrected chi connectivity index (χ2v) is 19.2. The van der Waals surface area contributed by atoms with Crippen molar-refractivity contribution in [2.45, 2.75) is 5.41 Å². The minimum atomic E-state index is -0.430. The average molecular weight is 848 g/mol. The predicted molar refractivity (Wildman–Crippen MR) is 274 cm³/mol. The molecule has 0 bridgehead atoms. The van der Waals surface area contributed by atoms with Crippen LogP contribution in [-0.2, 0) is 5.41 Å². The third-order valence-corrected chi connectivity index (χ3v) is 16.4. The van der Waals surface area contributed by atoms with Crippen LogP contribution in [0.1, 0.15) is 22.3 Å². The summed E-state index contributed by atoms with van der Waals surface area (Å²) in [5, 5.41) is 5.28. The van der Waals surface area contributed by atoms with Gasteiger partial charge in [-0.25, -0.2) is 0 Å². The van der Waals surface area contributed by atoms with E-state index in [0.717, 1.165) is 11.4 Å². The standard InChI is InChI=1S/C61H37NS2/c1-6-23-51-44(14-1)45-15-2-7-24-52(45)61(51)53-25-8-3-18-50(53)58-54(61)26-13-27-55(58)62(40-34-30-38(31-35-40)42-19-11-21-48-46-16-4-9-28-56(46)63-59(42)48)41-36-32-39(33-37-41)43-20-12-22-49-47-17-5-10-29-57(47)64-60(43)49/h1-37H. The molecule has 0 radical (unpaired) electrons. The molecule has 2 aromatic heterocycles. The van der Waals surface area contributed by atoms with Gasteiger partial charge in [0.05, 0.1) is 11.1 Å². The summed E-state index contributed by atoms with van der Waals surface area (Å²) in [6, 6.07) is 83.9. The first-order valence-electron chi connectivity index (χ1n) is 22.0. The Labute approximate surface area is 379 Å². The van der Waals surface area contributed by atoms with E-state index in [1.165, 1.54) is 113 Å². The molecule has 0 saturated heterocycles. The molecular formula is C61H37NS2. The van der Waals surface area contributed by atoms with Crippen molar-refractivity contribution in [2.24, 2.45) is 0 Å². The maximum Gasteiger partial charge on any atom is 0.0726 e. The van der Waals surface area contributed by atoms with Gasteiger partial charge in [-0.15, -0.1) is 22.7 Å². The van der Waals surface area contributed by atoms with Gasteiger partial charge in [0, 0.05) is 57.3 Å². The molecule has 0 N–H and O–H groups in total. The SMILES string of the molecule is c1ccc2c(c1)-c1ccccc1C21c2ccccc2-c2c(N(c3ccc(-c4cccc5c4sc4ccccc45)cc3)c3ccc(-c4cccc5c4sc4ccccc45)cc3)cccc21. The van der Waals surface area contributed by atoms with Crippen LogP contribution in [-0.4, -0.2) is 0 Å². The second-order valence-electron chi connectivity index (χ2n) is 17.1. The van der Waals surface area contributed by atoms with Gasteiger partial charge in [0.15, 0.2) is 0 Å². The first-order chi connectivity index (χ1) is 31.8. The van der Waals surface area contributed by atoms with E-state index in [1.807, 2.05) is 22.7 Å². The second kappa shape index (κ2) is 13.7. The van der Waals surface area contributed by atoms with E-state index in [4.69, 9.17) is 0 Å². The summed E-state index contributed by atoms with van der Waals surface area (Å²) in [6.45, 7) is 0. The van der Waals surface area contributed by atoms with Crippen molar-refractivity contribution in [3.63, 3.8) is 0 Å². The van der Waals surface area contributed by atoms with Crippen molar-refractivity contribution in [1.82, 2.24) is 0 Å². The van der Waals surface area contributed by atoms with Crippen LogP contribution < -0.4 is 4.90 Å². The number of hydrogen-bond donors (Lipinski definition) is 0. The molecule has 64 heavy (non-hydrogen) atoms. The van der Waals surface area contributed by atoms with Gasteiger partial charge in [0.1, 0.15) is 0 Å². The zero-order chi connectivity index (χ0) is 41.9. The quantitative estimate of drug-likeness (QED) is 0.167. The van der Waals surface area contributed by atoms with Crippen LogP contribution in [0.4, 0.5) is 17.1 Å². The molecule has 0 fully saturated rings. The molecule has 1 nitrogen and oxygen atoms in total. The maximum absolute atomic E-state index is 2.50. The largest absolute Gasteiger partial charge is 0.310 e. The molecule has 0 amide bonds. The lowest BCUT2D eigenvalue weighted by molar-refractivity contribution is 0.794. The number of nitrogens with zero attached hydrogens (tertiary/aromatic N) is 1. The Hall–Kier alpha value is -7.56. The van der Waals surface area contributed by atoms with Crippen molar-refractivity contribution in [1.29, 1.82) is 0 Å². The molecule has 2 aliphatic rings. The molecule has 0 atom stereocenters. The van der Waals surface area contributed by atoms with Crippen molar-refractivity contribution in [3.05, 3.63) is 247 Å². The van der Waals surface area contributed by atoms with Gasteiger partial charge in [0.25, 0.3) is 0 Å². The zero-order valence-electron chi connectivity index (χ0n) is 34.6. The number of rotatable bonds is 5. The Morgan fingerprint density at radius 1 is 0.297 bits per heavy atom. The van der Waals surface area contributed by atoms with Gasteiger partial charge < -0.3 is 4.90 Å². The normalized spacial score (nSPS) is 13.1. The highest BCUT2D eigenvalue weighted by Gasteiger charge is 2.52.